The fourth-order valence-electron chi connectivity index (χ4n) is 0.949. The molecule has 7 nitrogen and oxygen atoms in total. The monoisotopic (exact) mass is 243 g/mol. The summed E-state index contributed by atoms with van der Waals surface area (Å²) in [4.78, 5) is 0. The molecule has 0 saturated carbocycles. The lowest BCUT2D eigenvalue weighted by Crippen LogP contribution is -2.06. The topological polar surface area (TPSA) is 94.5 Å². The van der Waals surface area contributed by atoms with Gasteiger partial charge in [0, 0.05) is 24.3 Å². The third-order valence-corrected chi connectivity index (χ3v) is 3.44. The second-order valence-electron chi connectivity index (χ2n) is 2.71. The molecule has 0 spiro atoms. The molecular formula is C6H9N7S2. The number of rotatable bonds is 4. The average molecular weight is 243 g/mol. The third kappa shape index (κ3) is 2.25. The second-order valence-corrected chi connectivity index (χ2v) is 4.40. The van der Waals surface area contributed by atoms with Gasteiger partial charge in [-0.1, -0.05) is 16.3 Å². The molecule has 0 saturated heterocycles. The van der Waals surface area contributed by atoms with E-state index >= 15 is 0 Å². The van der Waals surface area contributed by atoms with Crippen LogP contribution in [0.3, 0.4) is 0 Å². The van der Waals surface area contributed by atoms with Gasteiger partial charge < -0.3 is 9.99 Å². The first-order valence-corrected chi connectivity index (χ1v) is 5.82. The normalized spacial score (nSPS) is 10.5. The van der Waals surface area contributed by atoms with Crippen LogP contribution in [-0.4, -0.2) is 24.4 Å². The van der Waals surface area contributed by atoms with E-state index in [1.165, 1.54) is 23.3 Å². The maximum atomic E-state index is 5.31. The first-order valence-electron chi connectivity index (χ1n) is 4.06. The van der Waals surface area contributed by atoms with Crippen molar-refractivity contribution in [3.8, 4) is 0 Å². The Bertz CT molecular complexity index is 436. The minimum Gasteiger partial charge on any atom is -0.313 e. The van der Waals surface area contributed by atoms with E-state index in [1.807, 2.05) is 11.6 Å². The number of anilines is 1. The highest BCUT2D eigenvalue weighted by Gasteiger charge is 2.09. The van der Waals surface area contributed by atoms with E-state index in [1.54, 1.807) is 6.33 Å². The maximum Gasteiger partial charge on any atom is 0.191 e. The lowest BCUT2D eigenvalue weighted by atomic mass is 10.5. The summed E-state index contributed by atoms with van der Waals surface area (Å²) in [5.41, 5.74) is 3.39. The van der Waals surface area contributed by atoms with Crippen molar-refractivity contribution in [2.75, 3.05) is 5.43 Å². The lowest BCUT2D eigenvalue weighted by Gasteiger charge is -1.99. The number of nitrogens with zero attached hydrogens (tertiary/aromatic N) is 5. The molecule has 2 aromatic heterocycles. The lowest BCUT2D eigenvalue weighted by molar-refractivity contribution is 0.788. The van der Waals surface area contributed by atoms with Gasteiger partial charge in [0.2, 0.25) is 0 Å². The summed E-state index contributed by atoms with van der Waals surface area (Å²) in [7, 11) is 1.89. The smallest absolute Gasteiger partial charge is 0.191 e. The minimum atomic E-state index is 0.669. The van der Waals surface area contributed by atoms with Gasteiger partial charge in [-0.05, 0) is 0 Å². The SMILES string of the molecule is Cn1cnnc1SCc1nnsc1NN. The van der Waals surface area contributed by atoms with Crippen molar-refractivity contribution in [3.63, 3.8) is 0 Å². The van der Waals surface area contributed by atoms with Crippen LogP contribution in [0.25, 0.3) is 0 Å². The Morgan fingerprint density at radius 3 is 3.13 bits per heavy atom. The zero-order valence-corrected chi connectivity index (χ0v) is 9.55. The van der Waals surface area contributed by atoms with Crippen LogP contribution in [0.2, 0.25) is 0 Å². The van der Waals surface area contributed by atoms with Crippen LogP contribution in [0.1, 0.15) is 5.69 Å². The summed E-state index contributed by atoms with van der Waals surface area (Å²) in [6, 6.07) is 0. The first-order chi connectivity index (χ1) is 7.31. The minimum absolute atomic E-state index is 0.669. The van der Waals surface area contributed by atoms with Crippen LogP contribution < -0.4 is 11.3 Å². The number of hydrogen-bond acceptors (Lipinski definition) is 8. The van der Waals surface area contributed by atoms with Gasteiger partial charge >= 0.3 is 0 Å². The van der Waals surface area contributed by atoms with E-state index in [4.69, 9.17) is 5.84 Å². The molecule has 0 atom stereocenters. The van der Waals surface area contributed by atoms with Crippen molar-refractivity contribution >= 4 is 28.3 Å². The standard InChI is InChI=1S/C6H9N7S2/c1-13-3-8-11-6(13)14-2-4-5(9-7)15-12-10-4/h3,9H,2,7H2,1H3. The fourth-order valence-corrected chi connectivity index (χ4v) is 2.36. The molecule has 0 radical (unpaired) electrons. The Morgan fingerprint density at radius 2 is 2.47 bits per heavy atom. The Labute approximate surface area is 94.2 Å². The number of nitrogen functional groups attached to an aromatic ring is 1. The summed E-state index contributed by atoms with van der Waals surface area (Å²) in [6.07, 6.45) is 1.66. The van der Waals surface area contributed by atoms with Gasteiger partial charge in [0.25, 0.3) is 0 Å². The van der Waals surface area contributed by atoms with Crippen molar-refractivity contribution in [2.24, 2.45) is 12.9 Å². The summed E-state index contributed by atoms with van der Waals surface area (Å²) in [6.45, 7) is 0. The van der Waals surface area contributed by atoms with Crippen LogP contribution in [0.5, 0.6) is 0 Å². The first kappa shape index (κ1) is 10.3. The van der Waals surface area contributed by atoms with Crippen LogP contribution in [0, 0.1) is 0 Å². The molecule has 0 aliphatic carbocycles. The van der Waals surface area contributed by atoms with Gasteiger partial charge in [-0.25, -0.2) is 5.84 Å². The molecule has 0 aliphatic rings. The van der Waals surface area contributed by atoms with E-state index in [-0.39, 0.29) is 0 Å². The quantitative estimate of drug-likeness (QED) is 0.451. The van der Waals surface area contributed by atoms with E-state index in [9.17, 15) is 0 Å². The summed E-state index contributed by atoms with van der Waals surface area (Å²) in [5, 5.41) is 13.3. The highest BCUT2D eigenvalue weighted by molar-refractivity contribution is 7.98. The number of thioether (sulfide) groups is 1. The molecule has 0 fully saturated rings. The van der Waals surface area contributed by atoms with Crippen molar-refractivity contribution < 1.29 is 0 Å². The number of aryl methyl sites for hydroxylation is 1. The van der Waals surface area contributed by atoms with E-state index in [0.717, 1.165) is 15.9 Å². The highest BCUT2D eigenvalue weighted by atomic mass is 32.2. The molecule has 80 valence electrons. The molecule has 9 heteroatoms. The predicted octanol–water partition coefficient (Wildman–Crippen LogP) is 0.244. The Kier molecular flexibility index (Phi) is 3.14. The second kappa shape index (κ2) is 4.55. The Balaban J connectivity index is 2.02. The van der Waals surface area contributed by atoms with Gasteiger partial charge in [0.15, 0.2) is 5.16 Å². The molecule has 2 aromatic rings. The fraction of sp³-hybridized carbons (Fsp3) is 0.333. The molecule has 2 heterocycles. The summed E-state index contributed by atoms with van der Waals surface area (Å²) >= 11 is 2.78. The molecule has 0 aromatic carbocycles. The molecule has 3 N–H and O–H groups in total. The van der Waals surface area contributed by atoms with Gasteiger partial charge in [-0.2, -0.15) is 0 Å². The van der Waals surface area contributed by atoms with Crippen LogP contribution in [-0.2, 0) is 12.8 Å². The van der Waals surface area contributed by atoms with Gasteiger partial charge in [-0.15, -0.1) is 15.3 Å². The molecule has 15 heavy (non-hydrogen) atoms. The Hall–Kier alpha value is -1.19. The number of hydrazine groups is 1. The molecule has 0 aliphatic heterocycles. The van der Waals surface area contributed by atoms with Gasteiger partial charge in [-0.3, -0.25) is 0 Å². The van der Waals surface area contributed by atoms with Crippen LogP contribution in [0.15, 0.2) is 11.5 Å². The molecule has 2 rings (SSSR count). The van der Waals surface area contributed by atoms with Crippen molar-refractivity contribution in [1.82, 2.24) is 24.4 Å². The van der Waals surface area contributed by atoms with Crippen molar-refractivity contribution in [3.05, 3.63) is 12.0 Å². The van der Waals surface area contributed by atoms with Gasteiger partial charge in [0.1, 0.15) is 17.0 Å². The van der Waals surface area contributed by atoms with Crippen molar-refractivity contribution in [1.29, 1.82) is 0 Å². The highest BCUT2D eigenvalue weighted by Crippen LogP contribution is 2.24. The number of nitrogens with one attached hydrogen (secondary N) is 1. The Morgan fingerprint density at radius 1 is 1.60 bits per heavy atom. The number of aromatic nitrogens is 5. The number of nitrogens with two attached hydrogens (primary N) is 1. The summed E-state index contributed by atoms with van der Waals surface area (Å²) in [5.74, 6) is 5.98. The van der Waals surface area contributed by atoms with E-state index < -0.39 is 0 Å². The molecule has 0 bridgehead atoms. The van der Waals surface area contributed by atoms with Crippen molar-refractivity contribution in [2.45, 2.75) is 10.9 Å². The van der Waals surface area contributed by atoms with Crippen LogP contribution in [0.4, 0.5) is 5.00 Å². The molecule has 0 unspecified atom stereocenters. The summed E-state index contributed by atoms with van der Waals surface area (Å²) < 4.78 is 5.66. The van der Waals surface area contributed by atoms with E-state index in [0.29, 0.717) is 5.75 Å². The zero-order chi connectivity index (χ0) is 10.7. The molecular weight excluding hydrogens is 234 g/mol. The average Bonchev–Trinajstić information content (AvgIpc) is 2.83. The third-order valence-electron chi connectivity index (χ3n) is 1.69. The zero-order valence-electron chi connectivity index (χ0n) is 7.91. The van der Waals surface area contributed by atoms with E-state index in [2.05, 4.69) is 25.2 Å². The maximum absolute atomic E-state index is 5.31. The predicted molar refractivity (Wildman–Crippen MR) is 58.3 cm³/mol. The van der Waals surface area contributed by atoms with Gasteiger partial charge in [0.05, 0.1) is 0 Å². The van der Waals surface area contributed by atoms with Crippen LogP contribution >= 0.6 is 23.3 Å². The number of hydrogen-bond donors (Lipinski definition) is 2. The molecule has 0 amide bonds. The largest absolute Gasteiger partial charge is 0.313 e.